The van der Waals surface area contributed by atoms with Crippen molar-refractivity contribution in [3.63, 3.8) is 0 Å². The number of hydrogen-bond acceptors (Lipinski definition) is 5. The van der Waals surface area contributed by atoms with Gasteiger partial charge in [-0.3, -0.25) is 4.79 Å². The van der Waals surface area contributed by atoms with E-state index in [1.54, 1.807) is 14.2 Å². The number of nitrogens with zero attached hydrogens (tertiary/aromatic N) is 1. The van der Waals surface area contributed by atoms with Crippen LogP contribution in [-0.2, 0) is 11.3 Å². The highest BCUT2D eigenvalue weighted by Crippen LogP contribution is 2.26. The Morgan fingerprint density at radius 2 is 2.04 bits per heavy atom. The van der Waals surface area contributed by atoms with E-state index in [-0.39, 0.29) is 11.2 Å². The number of H-pyrrole nitrogens is 1. The van der Waals surface area contributed by atoms with Gasteiger partial charge >= 0.3 is 0 Å². The predicted octanol–water partition coefficient (Wildman–Crippen LogP) is 3.38. The van der Waals surface area contributed by atoms with Gasteiger partial charge in [0, 0.05) is 18.2 Å². The van der Waals surface area contributed by atoms with E-state index in [0.717, 1.165) is 28.1 Å². The van der Waals surface area contributed by atoms with Crippen molar-refractivity contribution in [1.29, 1.82) is 0 Å². The van der Waals surface area contributed by atoms with E-state index in [4.69, 9.17) is 9.47 Å². The van der Waals surface area contributed by atoms with Gasteiger partial charge in [0.25, 0.3) is 0 Å². The van der Waals surface area contributed by atoms with Gasteiger partial charge < -0.3 is 19.8 Å². The normalized spacial score (nSPS) is 12.0. The lowest BCUT2D eigenvalue weighted by atomic mass is 10.2. The van der Waals surface area contributed by atoms with E-state index in [2.05, 4.69) is 15.3 Å². The average molecular weight is 371 g/mol. The predicted molar refractivity (Wildman–Crippen MR) is 103 cm³/mol. The van der Waals surface area contributed by atoms with Crippen LogP contribution in [-0.4, -0.2) is 35.3 Å². The molecule has 0 aliphatic rings. The zero-order valence-electron chi connectivity index (χ0n) is 14.9. The van der Waals surface area contributed by atoms with Crippen LogP contribution in [0.2, 0.25) is 0 Å². The molecule has 3 aromatic rings. The average Bonchev–Trinajstić information content (AvgIpc) is 3.07. The molecule has 0 saturated heterocycles. The van der Waals surface area contributed by atoms with E-state index in [9.17, 15) is 4.79 Å². The van der Waals surface area contributed by atoms with Crippen LogP contribution >= 0.6 is 11.8 Å². The largest absolute Gasteiger partial charge is 0.497 e. The van der Waals surface area contributed by atoms with E-state index in [1.807, 2.05) is 49.4 Å². The van der Waals surface area contributed by atoms with Gasteiger partial charge in [0.05, 0.1) is 30.5 Å². The van der Waals surface area contributed by atoms with Gasteiger partial charge in [-0.05, 0) is 25.1 Å². The van der Waals surface area contributed by atoms with Crippen molar-refractivity contribution in [3.8, 4) is 11.5 Å². The number of hydrogen-bond donors (Lipinski definition) is 2. The molecule has 0 saturated carbocycles. The Balaban J connectivity index is 1.62. The molecule has 0 spiro atoms. The summed E-state index contributed by atoms with van der Waals surface area (Å²) in [5, 5.41) is 3.36. The number of imidazole rings is 1. The molecule has 1 unspecified atom stereocenters. The summed E-state index contributed by atoms with van der Waals surface area (Å²) in [6.07, 6.45) is 0. The van der Waals surface area contributed by atoms with Crippen molar-refractivity contribution >= 4 is 28.7 Å². The number of rotatable bonds is 7. The molecular weight excluding hydrogens is 350 g/mol. The number of ether oxygens (including phenoxy) is 2. The molecular formula is C19H21N3O3S. The highest BCUT2D eigenvalue weighted by Gasteiger charge is 2.17. The molecule has 2 N–H and O–H groups in total. The molecule has 0 aliphatic carbocycles. The third-order valence-corrected chi connectivity index (χ3v) is 4.95. The fourth-order valence-electron chi connectivity index (χ4n) is 2.54. The molecule has 1 atom stereocenters. The Bertz CT molecular complexity index is 910. The topological polar surface area (TPSA) is 76.2 Å². The van der Waals surface area contributed by atoms with Gasteiger partial charge in [0.2, 0.25) is 5.91 Å². The number of fused-ring (bicyclic) bond motifs is 1. The van der Waals surface area contributed by atoms with Crippen LogP contribution < -0.4 is 14.8 Å². The molecule has 0 radical (unpaired) electrons. The number of thioether (sulfide) groups is 1. The fourth-order valence-corrected chi connectivity index (χ4v) is 3.39. The molecule has 6 nitrogen and oxygen atoms in total. The van der Waals surface area contributed by atoms with E-state index in [0.29, 0.717) is 11.7 Å². The minimum absolute atomic E-state index is 0.0565. The zero-order valence-corrected chi connectivity index (χ0v) is 15.7. The molecule has 3 rings (SSSR count). The number of para-hydroxylation sites is 1. The summed E-state index contributed by atoms with van der Waals surface area (Å²) in [6, 6.07) is 13.3. The number of aromatic amines is 1. The number of aromatic nitrogens is 2. The van der Waals surface area contributed by atoms with Crippen LogP contribution in [0.15, 0.2) is 47.6 Å². The SMILES string of the molecule is COc1ccc2nc(SC(C)C(=O)NCc3ccccc3OC)[nH]c2c1. The maximum Gasteiger partial charge on any atom is 0.233 e. The van der Waals surface area contributed by atoms with Crippen LogP contribution in [0.25, 0.3) is 11.0 Å². The summed E-state index contributed by atoms with van der Waals surface area (Å²) < 4.78 is 10.5. The first-order chi connectivity index (χ1) is 12.6. The lowest BCUT2D eigenvalue weighted by molar-refractivity contribution is -0.120. The number of methoxy groups -OCH3 is 2. The van der Waals surface area contributed by atoms with Crippen molar-refractivity contribution in [1.82, 2.24) is 15.3 Å². The van der Waals surface area contributed by atoms with Gasteiger partial charge in [-0.2, -0.15) is 0 Å². The number of carbonyl (C=O) groups excluding carboxylic acids is 1. The minimum atomic E-state index is -0.285. The first-order valence-corrected chi connectivity index (χ1v) is 9.08. The van der Waals surface area contributed by atoms with E-state index >= 15 is 0 Å². The minimum Gasteiger partial charge on any atom is -0.497 e. The van der Waals surface area contributed by atoms with E-state index < -0.39 is 0 Å². The number of nitrogens with one attached hydrogen (secondary N) is 2. The van der Waals surface area contributed by atoms with Crippen molar-refractivity contribution < 1.29 is 14.3 Å². The summed E-state index contributed by atoms with van der Waals surface area (Å²) in [5.41, 5.74) is 2.67. The summed E-state index contributed by atoms with van der Waals surface area (Å²) in [7, 11) is 3.25. The standard InChI is InChI=1S/C19H21N3O3S/c1-12(18(23)20-11-13-6-4-5-7-17(13)25-3)26-19-21-15-9-8-14(24-2)10-16(15)22-19/h4-10,12H,11H2,1-3H3,(H,20,23)(H,21,22). The third kappa shape index (κ3) is 4.11. The van der Waals surface area contributed by atoms with Crippen molar-refractivity contribution in [2.45, 2.75) is 23.9 Å². The molecule has 1 heterocycles. The lowest BCUT2D eigenvalue weighted by Gasteiger charge is -2.12. The molecule has 1 aromatic heterocycles. The second-order valence-electron chi connectivity index (χ2n) is 5.71. The quantitative estimate of drug-likeness (QED) is 0.623. The third-order valence-electron chi connectivity index (χ3n) is 3.97. The van der Waals surface area contributed by atoms with Crippen molar-refractivity contribution in [3.05, 3.63) is 48.0 Å². The number of amides is 1. The molecule has 2 aromatic carbocycles. The highest BCUT2D eigenvalue weighted by molar-refractivity contribution is 8.00. The highest BCUT2D eigenvalue weighted by atomic mass is 32.2. The molecule has 7 heteroatoms. The lowest BCUT2D eigenvalue weighted by Crippen LogP contribution is -2.30. The van der Waals surface area contributed by atoms with Crippen LogP contribution in [0.3, 0.4) is 0 Å². The smallest absolute Gasteiger partial charge is 0.233 e. The molecule has 1 amide bonds. The first-order valence-electron chi connectivity index (χ1n) is 8.20. The van der Waals surface area contributed by atoms with Gasteiger partial charge in [0.15, 0.2) is 5.16 Å². The van der Waals surface area contributed by atoms with Gasteiger partial charge in [-0.15, -0.1) is 0 Å². The Labute approximate surface area is 156 Å². The molecule has 26 heavy (non-hydrogen) atoms. The second kappa shape index (κ2) is 8.14. The second-order valence-corrected chi connectivity index (χ2v) is 7.04. The molecule has 0 bridgehead atoms. The molecule has 0 fully saturated rings. The summed E-state index contributed by atoms with van der Waals surface area (Å²) in [5.74, 6) is 1.47. The summed E-state index contributed by atoms with van der Waals surface area (Å²) in [6.45, 7) is 2.28. The van der Waals surface area contributed by atoms with Crippen LogP contribution in [0.4, 0.5) is 0 Å². The Morgan fingerprint density at radius 1 is 1.23 bits per heavy atom. The monoisotopic (exact) mass is 371 g/mol. The van der Waals surface area contributed by atoms with Crippen LogP contribution in [0.1, 0.15) is 12.5 Å². The van der Waals surface area contributed by atoms with Gasteiger partial charge in [0.1, 0.15) is 11.5 Å². The van der Waals surface area contributed by atoms with Gasteiger partial charge in [-0.1, -0.05) is 30.0 Å². The van der Waals surface area contributed by atoms with E-state index in [1.165, 1.54) is 11.8 Å². The molecule has 136 valence electrons. The maximum atomic E-state index is 12.4. The molecule has 0 aliphatic heterocycles. The number of benzene rings is 2. The number of carbonyl (C=O) groups is 1. The van der Waals surface area contributed by atoms with Crippen molar-refractivity contribution in [2.75, 3.05) is 14.2 Å². The zero-order chi connectivity index (χ0) is 18.5. The first kappa shape index (κ1) is 18.1. The van der Waals surface area contributed by atoms with Crippen molar-refractivity contribution in [2.24, 2.45) is 0 Å². The Kier molecular flexibility index (Phi) is 5.68. The van der Waals surface area contributed by atoms with Crippen LogP contribution in [0, 0.1) is 0 Å². The Hall–Kier alpha value is -2.67. The Morgan fingerprint density at radius 3 is 2.81 bits per heavy atom. The maximum absolute atomic E-state index is 12.4. The fraction of sp³-hybridized carbons (Fsp3) is 0.263. The van der Waals surface area contributed by atoms with Gasteiger partial charge in [-0.25, -0.2) is 4.98 Å². The van der Waals surface area contributed by atoms with Crippen LogP contribution in [0.5, 0.6) is 11.5 Å². The summed E-state index contributed by atoms with van der Waals surface area (Å²) in [4.78, 5) is 20.1. The summed E-state index contributed by atoms with van der Waals surface area (Å²) >= 11 is 1.39.